The summed E-state index contributed by atoms with van der Waals surface area (Å²) >= 11 is 0. The minimum Gasteiger partial charge on any atom is -0.353 e. The normalized spacial score (nSPS) is 20.7. The Morgan fingerprint density at radius 2 is 1.94 bits per heavy atom. The summed E-state index contributed by atoms with van der Waals surface area (Å²) in [5.74, 6) is 0.981. The van der Waals surface area contributed by atoms with Crippen molar-refractivity contribution < 1.29 is 9.18 Å². The highest BCUT2D eigenvalue weighted by molar-refractivity contribution is 5.78. The second-order valence-corrected chi connectivity index (χ2v) is 9.87. The van der Waals surface area contributed by atoms with Gasteiger partial charge in [0.25, 0.3) is 0 Å². The number of hydrogen-bond acceptors (Lipinski definition) is 2. The Labute approximate surface area is 197 Å². The van der Waals surface area contributed by atoms with Gasteiger partial charge in [0.1, 0.15) is 5.82 Å². The molecular formula is C28H38FN3O. The van der Waals surface area contributed by atoms with E-state index in [1.807, 2.05) is 10.9 Å². The summed E-state index contributed by atoms with van der Waals surface area (Å²) in [5, 5.41) is 8.08. The highest BCUT2D eigenvalue weighted by Gasteiger charge is 2.37. The van der Waals surface area contributed by atoms with Crippen molar-refractivity contribution in [1.82, 2.24) is 15.1 Å². The maximum atomic E-state index is 13.4. The van der Waals surface area contributed by atoms with Crippen molar-refractivity contribution in [2.45, 2.75) is 91.0 Å². The molecule has 1 aromatic heterocycles. The first-order valence-electron chi connectivity index (χ1n) is 12.8. The fourth-order valence-corrected chi connectivity index (χ4v) is 6.05. The number of fused-ring (bicyclic) bond motifs is 1. The monoisotopic (exact) mass is 451 g/mol. The molecule has 0 saturated carbocycles. The van der Waals surface area contributed by atoms with Crippen LogP contribution >= 0.6 is 0 Å². The molecule has 1 N–H and O–H groups in total. The summed E-state index contributed by atoms with van der Waals surface area (Å²) in [7, 11) is 0. The second-order valence-electron chi connectivity index (χ2n) is 9.87. The lowest BCUT2D eigenvalue weighted by molar-refractivity contribution is -0.126. The Morgan fingerprint density at radius 3 is 2.61 bits per heavy atom. The summed E-state index contributed by atoms with van der Waals surface area (Å²) in [6.45, 7) is 8.71. The average Bonchev–Trinajstić information content (AvgIpc) is 3.40. The number of hydrogen-bond donors (Lipinski definition) is 1. The van der Waals surface area contributed by atoms with Crippen LogP contribution in [0.5, 0.6) is 0 Å². The van der Waals surface area contributed by atoms with E-state index in [1.54, 1.807) is 23.3 Å². The Bertz CT molecular complexity index is 1000. The minimum atomic E-state index is -0.227. The molecule has 33 heavy (non-hydrogen) atoms. The molecule has 1 heterocycles. The van der Waals surface area contributed by atoms with E-state index in [4.69, 9.17) is 0 Å². The van der Waals surface area contributed by atoms with E-state index < -0.39 is 0 Å². The van der Waals surface area contributed by atoms with Crippen LogP contribution in [-0.2, 0) is 11.2 Å². The van der Waals surface area contributed by atoms with Crippen LogP contribution in [0.1, 0.15) is 89.8 Å². The van der Waals surface area contributed by atoms with Crippen LogP contribution in [0.2, 0.25) is 0 Å². The van der Waals surface area contributed by atoms with Gasteiger partial charge in [-0.2, -0.15) is 5.10 Å². The molecule has 1 aromatic carbocycles. The Kier molecular flexibility index (Phi) is 7.35. The number of nitrogens with one attached hydrogen (secondary N) is 1. The topological polar surface area (TPSA) is 46.9 Å². The highest BCUT2D eigenvalue weighted by atomic mass is 19.1. The molecule has 1 amide bonds. The maximum Gasteiger partial charge on any atom is 0.223 e. The molecule has 0 saturated heterocycles. The molecule has 3 atom stereocenters. The molecule has 0 bridgehead atoms. The molecule has 1 unspecified atom stereocenters. The molecule has 2 aliphatic carbocycles. The van der Waals surface area contributed by atoms with Gasteiger partial charge >= 0.3 is 0 Å². The second kappa shape index (κ2) is 10.2. The zero-order chi connectivity index (χ0) is 23.5. The maximum absolute atomic E-state index is 13.4. The number of nitrogens with zero attached hydrogens (tertiary/aromatic N) is 2. The largest absolute Gasteiger partial charge is 0.353 e. The van der Waals surface area contributed by atoms with Gasteiger partial charge in [0.2, 0.25) is 5.91 Å². The number of rotatable bonds is 9. The van der Waals surface area contributed by atoms with E-state index in [0.29, 0.717) is 11.8 Å². The van der Waals surface area contributed by atoms with Crippen molar-refractivity contribution in [3.8, 4) is 5.69 Å². The van der Waals surface area contributed by atoms with Crippen LogP contribution in [0, 0.1) is 17.7 Å². The van der Waals surface area contributed by atoms with Gasteiger partial charge in [0.05, 0.1) is 17.6 Å². The van der Waals surface area contributed by atoms with Crippen molar-refractivity contribution >= 4 is 5.91 Å². The van der Waals surface area contributed by atoms with E-state index in [2.05, 4.69) is 38.1 Å². The lowest BCUT2D eigenvalue weighted by Crippen LogP contribution is -2.40. The van der Waals surface area contributed by atoms with Gasteiger partial charge in [0.15, 0.2) is 0 Å². The molecule has 4 nitrogen and oxygen atoms in total. The first-order valence-corrected chi connectivity index (χ1v) is 12.8. The van der Waals surface area contributed by atoms with E-state index in [-0.39, 0.29) is 23.7 Å². The molecule has 0 spiro atoms. The molecule has 178 valence electrons. The Hall–Kier alpha value is -2.43. The third-order valence-electron chi connectivity index (χ3n) is 7.84. The van der Waals surface area contributed by atoms with Crippen molar-refractivity contribution in [1.29, 1.82) is 0 Å². The van der Waals surface area contributed by atoms with Crippen molar-refractivity contribution in [3.05, 3.63) is 58.7 Å². The van der Waals surface area contributed by atoms with Crippen molar-refractivity contribution in [3.63, 3.8) is 0 Å². The van der Waals surface area contributed by atoms with Crippen LogP contribution in [0.25, 0.3) is 5.69 Å². The SMILES string of the molecule is CCCC(C[C@H]1CCC2=C1[C@@H](C)c1cnn(-c3ccc(F)cc3)c1C2)NC(=O)C(CC)CC. The molecule has 2 aliphatic rings. The smallest absolute Gasteiger partial charge is 0.223 e. The highest BCUT2D eigenvalue weighted by Crippen LogP contribution is 2.48. The molecule has 0 fully saturated rings. The van der Waals surface area contributed by atoms with Crippen LogP contribution in [0.15, 0.2) is 41.6 Å². The zero-order valence-electron chi connectivity index (χ0n) is 20.5. The number of amides is 1. The summed E-state index contributed by atoms with van der Waals surface area (Å²) in [6, 6.07) is 6.83. The number of allylic oxidation sites excluding steroid dienone is 2. The zero-order valence-corrected chi connectivity index (χ0v) is 20.5. The fourth-order valence-electron chi connectivity index (χ4n) is 6.05. The summed E-state index contributed by atoms with van der Waals surface area (Å²) in [6.07, 6.45) is 10.2. The third-order valence-corrected chi connectivity index (χ3v) is 7.84. The number of halogens is 1. The average molecular weight is 452 g/mol. The van der Waals surface area contributed by atoms with Crippen molar-refractivity contribution in [2.75, 3.05) is 0 Å². The van der Waals surface area contributed by atoms with Gasteiger partial charge in [-0.15, -0.1) is 0 Å². The quantitative estimate of drug-likeness (QED) is 0.443. The van der Waals surface area contributed by atoms with Gasteiger partial charge in [0, 0.05) is 29.9 Å². The van der Waals surface area contributed by atoms with Gasteiger partial charge in [-0.25, -0.2) is 9.07 Å². The van der Waals surface area contributed by atoms with Gasteiger partial charge in [-0.05, 0) is 68.7 Å². The van der Waals surface area contributed by atoms with Crippen LogP contribution in [0.4, 0.5) is 4.39 Å². The van der Waals surface area contributed by atoms with E-state index in [1.165, 1.54) is 29.8 Å². The standard InChI is InChI=1S/C28H38FN3O/c1-5-8-23(31-28(33)19(6-2)7-3)15-20-9-10-21-16-26-25(18(4)27(20)21)17-30-32(26)24-13-11-22(29)12-14-24/h11-14,17-20,23H,5-10,15-16H2,1-4H3,(H,31,33)/t18-,20+,23?/m0/s1. The number of carbonyl (C=O) groups is 1. The first kappa shape index (κ1) is 23.7. The van der Waals surface area contributed by atoms with Gasteiger partial charge < -0.3 is 5.32 Å². The molecule has 4 rings (SSSR count). The predicted octanol–water partition coefficient (Wildman–Crippen LogP) is 6.49. The number of benzene rings is 1. The number of carbonyl (C=O) groups excluding carboxylic acids is 1. The van der Waals surface area contributed by atoms with E-state index >= 15 is 0 Å². The van der Waals surface area contributed by atoms with Gasteiger partial charge in [-0.3, -0.25) is 4.79 Å². The predicted molar refractivity (Wildman–Crippen MR) is 131 cm³/mol. The summed E-state index contributed by atoms with van der Waals surface area (Å²) < 4.78 is 15.4. The van der Waals surface area contributed by atoms with E-state index in [0.717, 1.165) is 50.6 Å². The Morgan fingerprint density at radius 1 is 1.21 bits per heavy atom. The molecule has 0 radical (unpaired) electrons. The molecule has 2 aromatic rings. The van der Waals surface area contributed by atoms with Gasteiger partial charge in [-0.1, -0.05) is 45.3 Å². The van der Waals surface area contributed by atoms with Crippen molar-refractivity contribution in [2.24, 2.45) is 11.8 Å². The van der Waals surface area contributed by atoms with Crippen LogP contribution in [-0.4, -0.2) is 21.7 Å². The third kappa shape index (κ3) is 4.78. The first-order chi connectivity index (χ1) is 16.0. The number of aromatic nitrogens is 2. The summed E-state index contributed by atoms with van der Waals surface area (Å²) in [5.41, 5.74) is 6.57. The van der Waals surface area contributed by atoms with Crippen LogP contribution < -0.4 is 5.32 Å². The lowest BCUT2D eigenvalue weighted by atomic mass is 9.78. The van der Waals surface area contributed by atoms with Crippen LogP contribution in [0.3, 0.4) is 0 Å². The minimum absolute atomic E-state index is 0.121. The van der Waals surface area contributed by atoms with E-state index in [9.17, 15) is 9.18 Å². The lowest BCUT2D eigenvalue weighted by Gasteiger charge is -2.30. The molecule has 0 aliphatic heterocycles. The molecular weight excluding hydrogens is 413 g/mol. The Balaban J connectivity index is 1.52. The summed E-state index contributed by atoms with van der Waals surface area (Å²) in [4.78, 5) is 12.8. The fraction of sp³-hybridized carbons (Fsp3) is 0.571. The molecule has 5 heteroatoms.